The molecule has 1 aliphatic carbocycles. The summed E-state index contributed by atoms with van der Waals surface area (Å²) in [5.41, 5.74) is 3.87. The number of nitrogens with zero attached hydrogens (tertiary/aromatic N) is 2. The Labute approximate surface area is 269 Å². The molecule has 2 aliphatic rings. The van der Waals surface area contributed by atoms with Crippen LogP contribution < -0.4 is 9.64 Å². The second-order valence-corrected chi connectivity index (χ2v) is 12.9. The Balaban J connectivity index is 1.31. The van der Waals surface area contributed by atoms with Gasteiger partial charge in [-0.2, -0.15) is 0 Å². The summed E-state index contributed by atoms with van der Waals surface area (Å²) in [6, 6.07) is 19.1. The van der Waals surface area contributed by atoms with Crippen LogP contribution in [0.5, 0.6) is 5.75 Å². The molecule has 6 rings (SSSR count). The van der Waals surface area contributed by atoms with Crippen LogP contribution >= 0.6 is 15.9 Å². The van der Waals surface area contributed by atoms with Gasteiger partial charge in [-0.3, -0.25) is 19.3 Å². The van der Waals surface area contributed by atoms with Gasteiger partial charge >= 0.3 is 5.97 Å². The van der Waals surface area contributed by atoms with E-state index >= 15 is 0 Å². The molecule has 1 aromatic heterocycles. The van der Waals surface area contributed by atoms with Gasteiger partial charge in [0.25, 0.3) is 0 Å². The Kier molecular flexibility index (Phi) is 8.31. The van der Waals surface area contributed by atoms with Crippen molar-refractivity contribution in [2.24, 2.45) is 17.8 Å². The average molecular weight is 670 g/mol. The Morgan fingerprint density at radius 3 is 2.33 bits per heavy atom. The van der Waals surface area contributed by atoms with E-state index in [-0.39, 0.29) is 35.0 Å². The highest BCUT2D eigenvalue weighted by atomic mass is 79.9. The number of pyridine rings is 1. The van der Waals surface area contributed by atoms with Crippen LogP contribution in [-0.4, -0.2) is 41.8 Å². The number of amides is 2. The first-order valence-electron chi connectivity index (χ1n) is 15.0. The summed E-state index contributed by atoms with van der Waals surface area (Å²) in [6.45, 7) is 5.58. The second-order valence-electron chi connectivity index (χ2n) is 12.0. The molecule has 3 aromatic carbocycles. The van der Waals surface area contributed by atoms with Gasteiger partial charge in [0.2, 0.25) is 17.6 Å². The molecular weight excluding hydrogens is 636 g/mol. The monoisotopic (exact) mass is 668 g/mol. The molecule has 0 spiro atoms. The maximum atomic E-state index is 13.6. The minimum absolute atomic E-state index is 0.127. The number of carbonyl (C=O) groups excluding carboxylic acids is 4. The molecule has 230 valence electrons. The highest BCUT2D eigenvalue weighted by molar-refractivity contribution is 9.10. The molecule has 4 unspecified atom stereocenters. The van der Waals surface area contributed by atoms with E-state index in [0.717, 1.165) is 29.3 Å². The van der Waals surface area contributed by atoms with Crippen LogP contribution in [0.15, 0.2) is 71.2 Å². The van der Waals surface area contributed by atoms with Gasteiger partial charge in [-0.25, -0.2) is 9.78 Å². The number of rotatable bonds is 7. The summed E-state index contributed by atoms with van der Waals surface area (Å²) >= 11 is 3.52. The number of Topliss-reactive ketones (excluding diaryl/α,β-unsaturated/α-hetero) is 1. The molecule has 0 radical (unpaired) electrons. The number of imide groups is 1. The van der Waals surface area contributed by atoms with Crippen LogP contribution in [0.4, 0.5) is 5.69 Å². The van der Waals surface area contributed by atoms with Crippen molar-refractivity contribution in [3.8, 4) is 17.0 Å². The Hall–Kier alpha value is -4.37. The largest absolute Gasteiger partial charge is 0.497 e. The van der Waals surface area contributed by atoms with Crippen molar-refractivity contribution in [3.05, 3.63) is 87.9 Å². The van der Waals surface area contributed by atoms with Crippen LogP contribution in [0.3, 0.4) is 0 Å². The fourth-order valence-electron chi connectivity index (χ4n) is 6.47. The summed E-state index contributed by atoms with van der Waals surface area (Å²) in [5.74, 6) is -0.695. The van der Waals surface area contributed by atoms with Gasteiger partial charge in [0.05, 0.1) is 41.4 Å². The van der Waals surface area contributed by atoms with Crippen molar-refractivity contribution in [1.29, 1.82) is 0 Å². The van der Waals surface area contributed by atoms with Crippen LogP contribution in [0.25, 0.3) is 22.2 Å². The number of halogens is 1. The summed E-state index contributed by atoms with van der Waals surface area (Å²) in [5, 5.41) is 0.585. The van der Waals surface area contributed by atoms with E-state index in [4.69, 9.17) is 14.5 Å². The van der Waals surface area contributed by atoms with Crippen molar-refractivity contribution in [3.63, 3.8) is 0 Å². The van der Waals surface area contributed by atoms with E-state index in [1.165, 1.54) is 4.90 Å². The van der Waals surface area contributed by atoms with E-state index in [1.807, 2.05) is 13.0 Å². The zero-order chi connectivity index (χ0) is 32.0. The molecule has 0 bridgehead atoms. The Morgan fingerprint density at radius 2 is 1.64 bits per heavy atom. The Morgan fingerprint density at radius 1 is 0.956 bits per heavy atom. The molecule has 1 saturated carbocycles. The highest BCUT2D eigenvalue weighted by Crippen LogP contribution is 2.42. The minimum atomic E-state index is -1.03. The van der Waals surface area contributed by atoms with Gasteiger partial charge in [0.15, 0.2) is 6.10 Å². The van der Waals surface area contributed by atoms with Gasteiger partial charge in [-0.15, -0.1) is 0 Å². The number of aromatic nitrogens is 1. The number of esters is 1. The standard InChI is InChI=1S/C36H33BrN2O6/c1-19-5-14-27-29(15-19)35(42)39(34(27)41)25-10-6-22(7-11-25)31-18-30(28-17-24(37)16-20(2)32(28)38-31)36(43)45-21(3)33(40)23-8-12-26(44-4)13-9-23/h6-13,16-19,21,27,29H,5,14-15H2,1-4H3. The third-order valence-corrected chi connectivity index (χ3v) is 9.38. The molecule has 8 nitrogen and oxygen atoms in total. The van der Waals surface area contributed by atoms with Gasteiger partial charge in [0, 0.05) is 21.0 Å². The van der Waals surface area contributed by atoms with E-state index < -0.39 is 12.1 Å². The lowest BCUT2D eigenvalue weighted by Crippen LogP contribution is -2.30. The van der Waals surface area contributed by atoms with Crippen molar-refractivity contribution < 1.29 is 28.7 Å². The van der Waals surface area contributed by atoms with Gasteiger partial charge < -0.3 is 9.47 Å². The van der Waals surface area contributed by atoms with Crippen molar-refractivity contribution in [2.45, 2.75) is 46.1 Å². The van der Waals surface area contributed by atoms with Crippen LogP contribution in [0.1, 0.15) is 59.4 Å². The molecule has 1 aliphatic heterocycles. The van der Waals surface area contributed by atoms with Gasteiger partial charge in [0.1, 0.15) is 5.75 Å². The zero-order valence-electron chi connectivity index (χ0n) is 25.5. The number of anilines is 1. The molecule has 2 amide bonds. The number of carbonyl (C=O) groups is 4. The topological polar surface area (TPSA) is 103 Å². The lowest BCUT2D eigenvalue weighted by molar-refractivity contribution is -0.122. The first-order chi connectivity index (χ1) is 21.5. The lowest BCUT2D eigenvalue weighted by Gasteiger charge is -2.25. The summed E-state index contributed by atoms with van der Waals surface area (Å²) in [4.78, 5) is 59.4. The molecule has 4 aromatic rings. The van der Waals surface area contributed by atoms with E-state index in [9.17, 15) is 19.2 Å². The normalized spacial score (nSPS) is 20.2. The maximum absolute atomic E-state index is 13.6. The summed E-state index contributed by atoms with van der Waals surface area (Å²) in [7, 11) is 1.55. The van der Waals surface area contributed by atoms with E-state index in [0.29, 0.717) is 45.1 Å². The number of ketones is 1. The second kappa shape index (κ2) is 12.2. The maximum Gasteiger partial charge on any atom is 0.339 e. The van der Waals surface area contributed by atoms with E-state index in [1.54, 1.807) is 74.7 Å². The third kappa shape index (κ3) is 5.77. The molecule has 4 atom stereocenters. The zero-order valence-corrected chi connectivity index (χ0v) is 27.1. The van der Waals surface area contributed by atoms with Crippen LogP contribution in [0.2, 0.25) is 0 Å². The van der Waals surface area contributed by atoms with E-state index in [2.05, 4.69) is 22.9 Å². The first kappa shape index (κ1) is 30.6. The van der Waals surface area contributed by atoms with Crippen molar-refractivity contribution in [1.82, 2.24) is 4.98 Å². The Bertz CT molecular complexity index is 1840. The average Bonchev–Trinajstić information content (AvgIpc) is 3.28. The van der Waals surface area contributed by atoms with Crippen molar-refractivity contribution in [2.75, 3.05) is 12.0 Å². The van der Waals surface area contributed by atoms with Crippen molar-refractivity contribution >= 4 is 56.1 Å². The molecular formula is C36H33BrN2O6. The minimum Gasteiger partial charge on any atom is -0.497 e. The number of methoxy groups -OCH3 is 1. The predicted octanol–water partition coefficient (Wildman–Crippen LogP) is 7.34. The fourth-order valence-corrected chi connectivity index (χ4v) is 7.04. The summed E-state index contributed by atoms with van der Waals surface area (Å²) < 4.78 is 11.6. The first-order valence-corrected chi connectivity index (χ1v) is 15.8. The molecule has 1 saturated heterocycles. The molecule has 2 fully saturated rings. The molecule has 2 heterocycles. The third-order valence-electron chi connectivity index (χ3n) is 8.93. The number of hydrogen-bond donors (Lipinski definition) is 0. The fraction of sp³-hybridized carbons (Fsp3) is 0.306. The quantitative estimate of drug-likeness (QED) is 0.115. The van der Waals surface area contributed by atoms with Gasteiger partial charge in [-0.05, 0) is 99.2 Å². The molecule has 0 N–H and O–H groups in total. The number of benzene rings is 3. The lowest BCUT2D eigenvalue weighted by atomic mass is 9.76. The number of aryl methyl sites for hydroxylation is 1. The summed E-state index contributed by atoms with van der Waals surface area (Å²) in [6.07, 6.45) is 1.40. The van der Waals surface area contributed by atoms with Crippen LogP contribution in [-0.2, 0) is 14.3 Å². The number of fused-ring (bicyclic) bond motifs is 2. The number of ether oxygens (including phenoxy) is 2. The predicted molar refractivity (Wildman–Crippen MR) is 174 cm³/mol. The van der Waals surface area contributed by atoms with Crippen LogP contribution in [0, 0.1) is 24.7 Å². The van der Waals surface area contributed by atoms with Gasteiger partial charge in [-0.1, -0.05) is 35.0 Å². The highest BCUT2D eigenvalue weighted by Gasteiger charge is 2.49. The molecule has 9 heteroatoms. The molecule has 45 heavy (non-hydrogen) atoms. The SMILES string of the molecule is COc1ccc(C(=O)C(C)OC(=O)c2cc(-c3ccc(N4C(=O)C5CCC(C)CC5C4=O)cc3)nc3c(C)cc(Br)cc23)cc1. The number of hydrogen-bond acceptors (Lipinski definition) is 7. The smallest absolute Gasteiger partial charge is 0.339 e.